The van der Waals surface area contributed by atoms with Crippen molar-refractivity contribution in [2.75, 3.05) is 0 Å². The second-order valence-corrected chi connectivity index (χ2v) is 4.66. The quantitative estimate of drug-likeness (QED) is 0.797. The minimum atomic E-state index is 0.598. The average molecular weight is 234 g/mol. The first-order valence-corrected chi connectivity index (χ1v) is 5.79. The Hall–Kier alpha value is -1.35. The minimum Gasteiger partial charge on any atom is -0.310 e. The maximum atomic E-state index is 6.01. The molecule has 1 heterocycles. The Morgan fingerprint density at radius 3 is 2.88 bits per heavy atom. The molecule has 2 aromatic rings. The van der Waals surface area contributed by atoms with E-state index in [1.165, 1.54) is 12.8 Å². The molecule has 16 heavy (non-hydrogen) atoms. The maximum absolute atomic E-state index is 6.01. The summed E-state index contributed by atoms with van der Waals surface area (Å²) in [5, 5.41) is 8.97. The summed E-state index contributed by atoms with van der Waals surface area (Å²) in [6.45, 7) is 2.00. The van der Waals surface area contributed by atoms with E-state index in [0.717, 1.165) is 22.0 Å². The van der Waals surface area contributed by atoms with Gasteiger partial charge in [-0.3, -0.25) is 0 Å². The minimum absolute atomic E-state index is 0.598. The van der Waals surface area contributed by atoms with E-state index in [-0.39, 0.29) is 0 Å². The van der Waals surface area contributed by atoms with Gasteiger partial charge in [0.05, 0.1) is 0 Å². The molecule has 1 aliphatic rings. The number of aryl methyl sites for hydroxylation is 1. The fraction of sp³-hybridized carbons (Fsp3) is 0.333. The molecule has 0 spiro atoms. The fourth-order valence-corrected chi connectivity index (χ4v) is 1.97. The van der Waals surface area contributed by atoms with Crippen molar-refractivity contribution in [3.63, 3.8) is 0 Å². The molecule has 4 heteroatoms. The third-order valence-electron chi connectivity index (χ3n) is 2.93. The monoisotopic (exact) mass is 233 g/mol. The third-order valence-corrected chi connectivity index (χ3v) is 3.35. The number of aromatic nitrogens is 3. The molecule has 0 aliphatic heterocycles. The number of hydrogen-bond donors (Lipinski definition) is 0. The van der Waals surface area contributed by atoms with Crippen molar-refractivity contribution in [3.05, 3.63) is 35.1 Å². The molecule has 0 radical (unpaired) electrons. The zero-order valence-corrected chi connectivity index (χ0v) is 9.78. The van der Waals surface area contributed by atoms with Crippen molar-refractivity contribution in [1.82, 2.24) is 14.8 Å². The van der Waals surface area contributed by atoms with Crippen molar-refractivity contribution in [3.8, 4) is 11.4 Å². The molecule has 0 amide bonds. The van der Waals surface area contributed by atoms with Crippen molar-refractivity contribution in [1.29, 1.82) is 0 Å². The predicted molar refractivity (Wildman–Crippen MR) is 63.5 cm³/mol. The van der Waals surface area contributed by atoms with E-state index in [2.05, 4.69) is 20.8 Å². The molecule has 1 saturated carbocycles. The van der Waals surface area contributed by atoms with Gasteiger partial charge in [0.2, 0.25) is 0 Å². The highest BCUT2D eigenvalue weighted by Crippen LogP contribution is 2.37. The van der Waals surface area contributed by atoms with Crippen molar-refractivity contribution in [2.24, 2.45) is 0 Å². The number of rotatable bonds is 2. The zero-order valence-electron chi connectivity index (χ0n) is 9.02. The molecule has 1 aromatic heterocycles. The lowest BCUT2D eigenvalue weighted by atomic mass is 10.1. The number of halogens is 1. The SMILES string of the molecule is Cc1cc(-c2nncn2C2CC2)ccc1Cl. The Labute approximate surface area is 99.1 Å². The Kier molecular flexibility index (Phi) is 2.21. The van der Waals surface area contributed by atoms with Gasteiger partial charge < -0.3 is 4.57 Å². The van der Waals surface area contributed by atoms with Crippen LogP contribution in [0.2, 0.25) is 5.02 Å². The number of hydrogen-bond acceptors (Lipinski definition) is 2. The highest BCUT2D eigenvalue weighted by molar-refractivity contribution is 6.31. The topological polar surface area (TPSA) is 30.7 Å². The van der Waals surface area contributed by atoms with Crippen LogP contribution in [-0.2, 0) is 0 Å². The first-order chi connectivity index (χ1) is 7.75. The van der Waals surface area contributed by atoms with Crippen molar-refractivity contribution in [2.45, 2.75) is 25.8 Å². The van der Waals surface area contributed by atoms with E-state index < -0.39 is 0 Å². The highest BCUT2D eigenvalue weighted by Gasteiger charge is 2.26. The van der Waals surface area contributed by atoms with E-state index in [9.17, 15) is 0 Å². The Balaban J connectivity index is 2.07. The molecular formula is C12H12ClN3. The summed E-state index contributed by atoms with van der Waals surface area (Å²) in [5.74, 6) is 0.947. The highest BCUT2D eigenvalue weighted by atomic mass is 35.5. The number of nitrogens with zero attached hydrogens (tertiary/aromatic N) is 3. The van der Waals surface area contributed by atoms with Crippen LogP contribution in [0.3, 0.4) is 0 Å². The first kappa shape index (κ1) is 9.85. The third kappa shape index (κ3) is 1.61. The van der Waals surface area contributed by atoms with Crippen LogP contribution in [0.4, 0.5) is 0 Å². The van der Waals surface area contributed by atoms with Crippen LogP contribution in [-0.4, -0.2) is 14.8 Å². The van der Waals surface area contributed by atoms with Gasteiger partial charge in [-0.1, -0.05) is 11.6 Å². The second-order valence-electron chi connectivity index (χ2n) is 4.26. The van der Waals surface area contributed by atoms with Gasteiger partial charge in [-0.05, 0) is 43.5 Å². The summed E-state index contributed by atoms with van der Waals surface area (Å²) < 4.78 is 2.16. The summed E-state index contributed by atoms with van der Waals surface area (Å²) in [4.78, 5) is 0. The summed E-state index contributed by atoms with van der Waals surface area (Å²) in [7, 11) is 0. The largest absolute Gasteiger partial charge is 0.310 e. The van der Waals surface area contributed by atoms with Gasteiger partial charge in [0.25, 0.3) is 0 Å². The van der Waals surface area contributed by atoms with E-state index in [1.807, 2.05) is 25.4 Å². The van der Waals surface area contributed by atoms with E-state index >= 15 is 0 Å². The summed E-state index contributed by atoms with van der Waals surface area (Å²) in [5.41, 5.74) is 2.16. The standard InChI is InChI=1S/C12H12ClN3/c1-8-6-9(2-5-11(8)13)12-15-14-7-16(12)10-3-4-10/h2,5-7,10H,3-4H2,1H3. The summed E-state index contributed by atoms with van der Waals surface area (Å²) in [6.07, 6.45) is 4.28. The van der Waals surface area contributed by atoms with Crippen LogP contribution in [0.1, 0.15) is 24.4 Å². The molecule has 0 bridgehead atoms. The van der Waals surface area contributed by atoms with Gasteiger partial charge in [0, 0.05) is 16.6 Å². The zero-order chi connectivity index (χ0) is 11.1. The second kappa shape index (κ2) is 3.59. The van der Waals surface area contributed by atoms with Gasteiger partial charge in [0.1, 0.15) is 6.33 Å². The van der Waals surface area contributed by atoms with Crippen LogP contribution < -0.4 is 0 Å². The smallest absolute Gasteiger partial charge is 0.164 e. The molecule has 82 valence electrons. The van der Waals surface area contributed by atoms with Crippen LogP contribution >= 0.6 is 11.6 Å². The molecule has 1 fully saturated rings. The van der Waals surface area contributed by atoms with E-state index in [4.69, 9.17) is 11.6 Å². The normalized spacial score (nSPS) is 15.4. The van der Waals surface area contributed by atoms with E-state index in [1.54, 1.807) is 0 Å². The Morgan fingerprint density at radius 2 is 2.19 bits per heavy atom. The molecule has 0 N–H and O–H groups in total. The molecule has 1 aliphatic carbocycles. The Bertz CT molecular complexity index is 529. The average Bonchev–Trinajstić information content (AvgIpc) is 3.01. The maximum Gasteiger partial charge on any atom is 0.164 e. The molecule has 0 unspecified atom stereocenters. The van der Waals surface area contributed by atoms with Crippen molar-refractivity contribution < 1.29 is 0 Å². The summed E-state index contributed by atoms with van der Waals surface area (Å²) in [6, 6.07) is 6.57. The molecule has 3 rings (SSSR count). The van der Waals surface area contributed by atoms with Crippen LogP contribution in [0, 0.1) is 6.92 Å². The van der Waals surface area contributed by atoms with Gasteiger partial charge in [-0.2, -0.15) is 0 Å². The molecule has 0 atom stereocenters. The Morgan fingerprint density at radius 1 is 1.38 bits per heavy atom. The van der Waals surface area contributed by atoms with Crippen molar-refractivity contribution >= 4 is 11.6 Å². The molecule has 0 saturated heterocycles. The van der Waals surface area contributed by atoms with Gasteiger partial charge in [-0.25, -0.2) is 0 Å². The van der Waals surface area contributed by atoms with Gasteiger partial charge in [0.15, 0.2) is 5.82 Å². The molecule has 3 nitrogen and oxygen atoms in total. The van der Waals surface area contributed by atoms with E-state index in [0.29, 0.717) is 6.04 Å². The van der Waals surface area contributed by atoms with Crippen LogP contribution in [0.5, 0.6) is 0 Å². The fourth-order valence-electron chi connectivity index (χ4n) is 1.85. The van der Waals surface area contributed by atoms with Crippen LogP contribution in [0.15, 0.2) is 24.5 Å². The predicted octanol–water partition coefficient (Wildman–Crippen LogP) is 3.24. The van der Waals surface area contributed by atoms with Gasteiger partial charge >= 0.3 is 0 Å². The first-order valence-electron chi connectivity index (χ1n) is 5.42. The lowest BCUT2D eigenvalue weighted by molar-refractivity contribution is 0.746. The van der Waals surface area contributed by atoms with Gasteiger partial charge in [-0.15, -0.1) is 10.2 Å². The lowest BCUT2D eigenvalue weighted by Crippen LogP contribution is -1.96. The lowest BCUT2D eigenvalue weighted by Gasteiger charge is -2.06. The molecule has 1 aromatic carbocycles. The number of benzene rings is 1. The summed E-state index contributed by atoms with van der Waals surface area (Å²) >= 11 is 6.01. The van der Waals surface area contributed by atoms with Crippen LogP contribution in [0.25, 0.3) is 11.4 Å². The molecular weight excluding hydrogens is 222 g/mol.